The molecule has 3 rings (SSSR count). The SMILES string of the molecule is S=c1[nH]nc(-c2cccc(Cl)c2)n1/N=C\c1ccc(Cl)c(Cl)c1. The van der Waals surface area contributed by atoms with E-state index in [1.807, 2.05) is 12.1 Å². The van der Waals surface area contributed by atoms with Crippen molar-refractivity contribution in [3.63, 3.8) is 0 Å². The van der Waals surface area contributed by atoms with Crippen LogP contribution >= 0.6 is 47.0 Å². The predicted molar refractivity (Wildman–Crippen MR) is 97.3 cm³/mol. The molecule has 0 aliphatic carbocycles. The van der Waals surface area contributed by atoms with Crippen LogP contribution in [0, 0.1) is 4.77 Å². The highest BCUT2D eigenvalue weighted by atomic mass is 35.5. The van der Waals surface area contributed by atoms with Crippen molar-refractivity contribution < 1.29 is 0 Å². The van der Waals surface area contributed by atoms with Gasteiger partial charge in [-0.1, -0.05) is 53.0 Å². The average molecular weight is 384 g/mol. The van der Waals surface area contributed by atoms with Gasteiger partial charge < -0.3 is 0 Å². The zero-order chi connectivity index (χ0) is 16.4. The molecule has 1 heterocycles. The quantitative estimate of drug-likeness (QED) is 0.483. The molecule has 0 aliphatic heterocycles. The van der Waals surface area contributed by atoms with Crippen molar-refractivity contribution in [2.24, 2.45) is 5.10 Å². The maximum absolute atomic E-state index is 6.02. The molecule has 0 saturated heterocycles. The lowest BCUT2D eigenvalue weighted by Crippen LogP contribution is -1.95. The van der Waals surface area contributed by atoms with E-state index in [-0.39, 0.29) is 0 Å². The fraction of sp³-hybridized carbons (Fsp3) is 0. The molecule has 0 amide bonds. The number of aromatic nitrogens is 3. The summed E-state index contributed by atoms with van der Waals surface area (Å²) in [4.78, 5) is 0. The third kappa shape index (κ3) is 3.64. The number of rotatable bonds is 3. The van der Waals surface area contributed by atoms with Crippen LogP contribution in [-0.2, 0) is 0 Å². The van der Waals surface area contributed by atoms with Crippen molar-refractivity contribution in [3.05, 3.63) is 67.9 Å². The fourth-order valence-electron chi connectivity index (χ4n) is 1.93. The van der Waals surface area contributed by atoms with E-state index in [0.29, 0.717) is 25.7 Å². The Bertz CT molecular complexity index is 946. The number of hydrogen-bond donors (Lipinski definition) is 1. The summed E-state index contributed by atoms with van der Waals surface area (Å²) in [5.74, 6) is 0.564. The highest BCUT2D eigenvalue weighted by Gasteiger charge is 2.08. The highest BCUT2D eigenvalue weighted by molar-refractivity contribution is 7.71. The number of hydrogen-bond acceptors (Lipinski definition) is 3. The van der Waals surface area contributed by atoms with Crippen molar-refractivity contribution in [2.75, 3.05) is 0 Å². The van der Waals surface area contributed by atoms with Crippen molar-refractivity contribution in [2.45, 2.75) is 0 Å². The summed E-state index contributed by atoms with van der Waals surface area (Å²) in [6.45, 7) is 0. The molecule has 1 N–H and O–H groups in total. The molecule has 0 fully saturated rings. The number of halogens is 3. The molecule has 0 radical (unpaired) electrons. The molecular formula is C15H9Cl3N4S. The van der Waals surface area contributed by atoms with E-state index in [4.69, 9.17) is 47.0 Å². The van der Waals surface area contributed by atoms with Gasteiger partial charge in [-0.2, -0.15) is 14.9 Å². The van der Waals surface area contributed by atoms with E-state index in [9.17, 15) is 0 Å². The van der Waals surface area contributed by atoms with Gasteiger partial charge in [-0.05, 0) is 42.0 Å². The first-order valence-electron chi connectivity index (χ1n) is 6.47. The maximum Gasteiger partial charge on any atom is 0.216 e. The van der Waals surface area contributed by atoms with Gasteiger partial charge in [0.05, 0.1) is 16.3 Å². The molecule has 0 spiro atoms. The smallest absolute Gasteiger partial charge is 0.216 e. The lowest BCUT2D eigenvalue weighted by molar-refractivity contribution is 0.871. The molecule has 0 unspecified atom stereocenters. The molecule has 4 nitrogen and oxygen atoms in total. The summed E-state index contributed by atoms with van der Waals surface area (Å²) < 4.78 is 1.89. The Morgan fingerprint density at radius 2 is 1.91 bits per heavy atom. The molecule has 0 saturated carbocycles. The van der Waals surface area contributed by atoms with Crippen molar-refractivity contribution in [1.29, 1.82) is 0 Å². The standard InChI is InChI=1S/C15H9Cl3N4S/c16-11-3-1-2-10(7-11)14-20-21-15(23)22(14)19-8-9-4-5-12(17)13(18)6-9/h1-8H,(H,21,23)/b19-8-. The Hall–Kier alpha value is -1.66. The van der Waals surface area contributed by atoms with Crippen molar-refractivity contribution in [3.8, 4) is 11.4 Å². The van der Waals surface area contributed by atoms with Gasteiger partial charge in [-0.15, -0.1) is 0 Å². The van der Waals surface area contributed by atoms with Gasteiger partial charge in [0.2, 0.25) is 4.77 Å². The summed E-state index contributed by atoms with van der Waals surface area (Å²) in [7, 11) is 0. The maximum atomic E-state index is 6.02. The van der Waals surface area contributed by atoms with Crippen LogP contribution in [0.1, 0.15) is 5.56 Å². The summed E-state index contributed by atoms with van der Waals surface area (Å²) in [5, 5.41) is 12.8. The van der Waals surface area contributed by atoms with Crippen LogP contribution in [0.25, 0.3) is 11.4 Å². The highest BCUT2D eigenvalue weighted by Crippen LogP contribution is 2.23. The minimum atomic E-state index is 0.372. The summed E-state index contributed by atoms with van der Waals surface area (Å²) in [6, 6.07) is 12.5. The first-order valence-corrected chi connectivity index (χ1v) is 8.01. The lowest BCUT2D eigenvalue weighted by atomic mass is 10.2. The lowest BCUT2D eigenvalue weighted by Gasteiger charge is -2.02. The minimum Gasteiger partial charge on any atom is -0.250 e. The summed E-state index contributed by atoms with van der Waals surface area (Å²) in [5.41, 5.74) is 1.59. The molecule has 3 aromatic rings. The van der Waals surface area contributed by atoms with Gasteiger partial charge in [0.25, 0.3) is 0 Å². The molecule has 23 heavy (non-hydrogen) atoms. The Labute approximate surface area is 152 Å². The van der Waals surface area contributed by atoms with E-state index >= 15 is 0 Å². The number of benzene rings is 2. The summed E-state index contributed by atoms with van der Waals surface area (Å²) in [6.07, 6.45) is 1.63. The van der Waals surface area contributed by atoms with Crippen LogP contribution in [0.2, 0.25) is 15.1 Å². The topological polar surface area (TPSA) is 46.0 Å². The minimum absolute atomic E-state index is 0.372. The number of nitrogens with one attached hydrogen (secondary N) is 1. The second kappa shape index (κ2) is 6.84. The molecule has 0 aliphatic rings. The molecule has 8 heteroatoms. The van der Waals surface area contributed by atoms with E-state index in [1.165, 1.54) is 4.68 Å². The molecule has 1 aromatic heterocycles. The van der Waals surface area contributed by atoms with Crippen LogP contribution in [0.5, 0.6) is 0 Å². The normalized spacial score (nSPS) is 11.3. The van der Waals surface area contributed by atoms with E-state index in [0.717, 1.165) is 11.1 Å². The van der Waals surface area contributed by atoms with Crippen LogP contribution in [0.15, 0.2) is 47.6 Å². The van der Waals surface area contributed by atoms with Gasteiger partial charge >= 0.3 is 0 Å². The number of H-pyrrole nitrogens is 1. The monoisotopic (exact) mass is 382 g/mol. The first kappa shape index (κ1) is 16.2. The Morgan fingerprint density at radius 3 is 2.65 bits per heavy atom. The number of nitrogens with zero attached hydrogens (tertiary/aromatic N) is 3. The largest absolute Gasteiger partial charge is 0.250 e. The average Bonchev–Trinajstić information content (AvgIpc) is 2.89. The van der Waals surface area contributed by atoms with Crippen molar-refractivity contribution in [1.82, 2.24) is 14.9 Å². The third-order valence-corrected chi connectivity index (χ3v) is 4.24. The summed E-state index contributed by atoms with van der Waals surface area (Å²) >= 11 is 23.1. The van der Waals surface area contributed by atoms with Gasteiger partial charge in [0, 0.05) is 10.6 Å². The molecular weight excluding hydrogens is 375 g/mol. The Balaban J connectivity index is 2.00. The van der Waals surface area contributed by atoms with E-state index in [2.05, 4.69) is 15.3 Å². The zero-order valence-corrected chi connectivity index (χ0v) is 14.6. The second-order valence-electron chi connectivity index (χ2n) is 4.59. The number of aromatic amines is 1. The van der Waals surface area contributed by atoms with Crippen LogP contribution in [-0.4, -0.2) is 21.1 Å². The second-order valence-corrected chi connectivity index (χ2v) is 6.23. The van der Waals surface area contributed by atoms with Gasteiger partial charge in [0.15, 0.2) is 5.82 Å². The predicted octanol–water partition coefficient (Wildman–Crippen LogP) is 5.45. The molecule has 0 bridgehead atoms. The zero-order valence-electron chi connectivity index (χ0n) is 11.5. The van der Waals surface area contributed by atoms with Crippen molar-refractivity contribution >= 4 is 53.2 Å². The fourth-order valence-corrected chi connectivity index (χ4v) is 2.61. The Morgan fingerprint density at radius 1 is 1.09 bits per heavy atom. The van der Waals surface area contributed by atoms with Gasteiger partial charge in [-0.3, -0.25) is 0 Å². The van der Waals surface area contributed by atoms with Crippen LogP contribution < -0.4 is 0 Å². The molecule has 116 valence electrons. The van der Waals surface area contributed by atoms with E-state index < -0.39 is 0 Å². The third-order valence-electron chi connectivity index (χ3n) is 3.00. The molecule has 2 aromatic carbocycles. The molecule has 0 atom stereocenters. The van der Waals surface area contributed by atoms with Gasteiger partial charge in [0.1, 0.15) is 0 Å². The van der Waals surface area contributed by atoms with E-state index in [1.54, 1.807) is 36.5 Å². The van der Waals surface area contributed by atoms with Gasteiger partial charge in [-0.25, -0.2) is 5.10 Å². The first-order chi connectivity index (χ1) is 11.0. The van der Waals surface area contributed by atoms with Crippen LogP contribution in [0.3, 0.4) is 0 Å². The Kier molecular flexibility index (Phi) is 4.82. The van der Waals surface area contributed by atoms with Crippen LogP contribution in [0.4, 0.5) is 0 Å².